The van der Waals surface area contributed by atoms with E-state index in [-0.39, 0.29) is 5.76 Å². The molecule has 0 amide bonds. The molecule has 0 aromatic heterocycles. The Labute approximate surface area is 197 Å². The molecule has 0 atom stereocenters. The van der Waals surface area contributed by atoms with Gasteiger partial charge < -0.3 is 9.39 Å². The van der Waals surface area contributed by atoms with Gasteiger partial charge in [-0.3, -0.25) is 4.79 Å². The molecule has 0 saturated heterocycles. The maximum Gasteiger partial charge on any atom is 0.796 e. The van der Waals surface area contributed by atoms with Crippen LogP contribution in [-0.2, 0) is 4.65 Å². The number of halogens is 2. The van der Waals surface area contributed by atoms with Crippen LogP contribution < -0.4 is 4.74 Å². The SMILES string of the molecule is CCCCCCCCCCCCOc1ccc(/C(=C/C(=O)c2ccccc2)OB(F)F)cc1. The van der Waals surface area contributed by atoms with Gasteiger partial charge in [-0.2, -0.15) is 0 Å². The van der Waals surface area contributed by atoms with Gasteiger partial charge in [-0.1, -0.05) is 95.0 Å². The molecule has 0 aliphatic rings. The predicted molar refractivity (Wildman–Crippen MR) is 132 cm³/mol. The molecule has 0 heterocycles. The summed E-state index contributed by atoms with van der Waals surface area (Å²) in [6.07, 6.45) is 13.7. The van der Waals surface area contributed by atoms with Crippen molar-refractivity contribution in [3.8, 4) is 5.75 Å². The zero-order valence-electron chi connectivity index (χ0n) is 19.6. The monoisotopic (exact) mass is 456 g/mol. The number of ketones is 1. The molecule has 0 saturated carbocycles. The van der Waals surface area contributed by atoms with Gasteiger partial charge in [-0.15, -0.1) is 0 Å². The minimum absolute atomic E-state index is 0.167. The lowest BCUT2D eigenvalue weighted by Gasteiger charge is -2.11. The summed E-state index contributed by atoms with van der Waals surface area (Å²) in [7, 11) is -3.02. The minimum atomic E-state index is -3.02. The number of ether oxygens (including phenoxy) is 1. The standard InChI is InChI=1S/C27H35BF2O3/c1-2-3-4-5-6-7-8-9-10-14-21-32-25-19-17-24(18-20-25)27(33-28(29)30)22-26(31)23-15-12-11-13-16-23/h11-13,15-20,22H,2-10,14,21H2,1H3/b27-22-. The average molecular weight is 456 g/mol. The maximum absolute atomic E-state index is 12.9. The van der Waals surface area contributed by atoms with E-state index < -0.39 is 13.3 Å². The van der Waals surface area contributed by atoms with Crippen LogP contribution >= 0.6 is 0 Å². The first-order valence-electron chi connectivity index (χ1n) is 12.1. The molecular weight excluding hydrogens is 421 g/mol. The van der Waals surface area contributed by atoms with Crippen molar-refractivity contribution < 1.29 is 22.8 Å². The Morgan fingerprint density at radius 1 is 0.788 bits per heavy atom. The molecule has 0 fully saturated rings. The van der Waals surface area contributed by atoms with Gasteiger partial charge in [0.05, 0.1) is 6.61 Å². The highest BCUT2D eigenvalue weighted by molar-refractivity contribution is 6.36. The van der Waals surface area contributed by atoms with Crippen LogP contribution in [0.5, 0.6) is 5.75 Å². The molecule has 33 heavy (non-hydrogen) atoms. The molecule has 0 aliphatic heterocycles. The van der Waals surface area contributed by atoms with Gasteiger partial charge in [0.25, 0.3) is 0 Å². The fourth-order valence-electron chi connectivity index (χ4n) is 3.58. The smallest absolute Gasteiger partial charge is 0.505 e. The zero-order chi connectivity index (χ0) is 23.7. The van der Waals surface area contributed by atoms with E-state index in [0.29, 0.717) is 23.5 Å². The molecule has 0 N–H and O–H groups in total. The predicted octanol–water partition coefficient (Wildman–Crippen LogP) is 8.15. The fourth-order valence-corrected chi connectivity index (χ4v) is 3.58. The van der Waals surface area contributed by atoms with Crippen molar-refractivity contribution in [1.82, 2.24) is 0 Å². The first-order chi connectivity index (χ1) is 16.1. The third kappa shape index (κ3) is 11.2. The van der Waals surface area contributed by atoms with E-state index >= 15 is 0 Å². The number of unbranched alkanes of at least 4 members (excludes halogenated alkanes) is 9. The quantitative estimate of drug-likeness (QED) is 0.0792. The number of hydrogen-bond acceptors (Lipinski definition) is 3. The lowest BCUT2D eigenvalue weighted by Crippen LogP contribution is -2.06. The van der Waals surface area contributed by atoms with Gasteiger partial charge in [-0.05, 0) is 30.7 Å². The average Bonchev–Trinajstić information content (AvgIpc) is 2.83. The van der Waals surface area contributed by atoms with Gasteiger partial charge in [0, 0.05) is 17.2 Å². The Kier molecular flexibility index (Phi) is 13.0. The molecule has 0 radical (unpaired) electrons. The van der Waals surface area contributed by atoms with E-state index in [1.807, 2.05) is 0 Å². The Bertz CT molecular complexity index is 823. The van der Waals surface area contributed by atoms with Gasteiger partial charge in [0.1, 0.15) is 11.5 Å². The molecule has 2 aromatic rings. The van der Waals surface area contributed by atoms with Gasteiger partial charge in [-0.25, -0.2) is 8.63 Å². The Morgan fingerprint density at radius 2 is 1.36 bits per heavy atom. The van der Waals surface area contributed by atoms with E-state index in [9.17, 15) is 13.4 Å². The fraction of sp³-hybridized carbons (Fsp3) is 0.444. The van der Waals surface area contributed by atoms with Crippen LogP contribution in [0.4, 0.5) is 8.63 Å². The number of hydrogen-bond donors (Lipinski definition) is 0. The van der Waals surface area contributed by atoms with E-state index in [1.54, 1.807) is 54.6 Å². The summed E-state index contributed by atoms with van der Waals surface area (Å²) in [5.41, 5.74) is 0.801. The minimum Gasteiger partial charge on any atom is -0.505 e. The van der Waals surface area contributed by atoms with Gasteiger partial charge >= 0.3 is 7.47 Å². The van der Waals surface area contributed by atoms with Crippen LogP contribution in [0.15, 0.2) is 60.7 Å². The summed E-state index contributed by atoms with van der Waals surface area (Å²) in [5, 5.41) is 0. The first kappa shape index (κ1) is 26.6. The van der Waals surface area contributed by atoms with E-state index in [2.05, 4.69) is 11.6 Å². The molecule has 6 heteroatoms. The lowest BCUT2D eigenvalue weighted by atomic mass is 10.1. The first-order valence-corrected chi connectivity index (χ1v) is 12.1. The molecule has 2 rings (SSSR count). The largest absolute Gasteiger partial charge is 0.796 e. The maximum atomic E-state index is 12.9. The van der Waals surface area contributed by atoms with Crippen molar-refractivity contribution in [3.63, 3.8) is 0 Å². The molecule has 0 aliphatic carbocycles. The molecule has 2 aromatic carbocycles. The van der Waals surface area contributed by atoms with Crippen molar-refractivity contribution in [2.45, 2.75) is 71.1 Å². The Hall–Kier alpha value is -2.63. The number of carbonyl (C=O) groups is 1. The second kappa shape index (κ2) is 16.1. The Morgan fingerprint density at radius 3 is 1.94 bits per heavy atom. The van der Waals surface area contributed by atoms with Crippen LogP contribution in [0.1, 0.15) is 87.1 Å². The zero-order valence-corrected chi connectivity index (χ0v) is 19.6. The van der Waals surface area contributed by atoms with Crippen LogP contribution in [0, 0.1) is 0 Å². The molecule has 0 bridgehead atoms. The molecule has 0 spiro atoms. The van der Waals surface area contributed by atoms with Gasteiger partial charge in [0.2, 0.25) is 0 Å². The van der Waals surface area contributed by atoms with Crippen LogP contribution in [-0.4, -0.2) is 19.9 Å². The molecular formula is C27H35BF2O3. The summed E-state index contributed by atoms with van der Waals surface area (Å²) in [4.78, 5) is 12.4. The van der Waals surface area contributed by atoms with Crippen molar-refractivity contribution in [2.24, 2.45) is 0 Å². The van der Waals surface area contributed by atoms with Crippen LogP contribution in [0.2, 0.25) is 0 Å². The normalized spacial score (nSPS) is 11.3. The van der Waals surface area contributed by atoms with E-state index in [1.165, 1.54) is 51.4 Å². The summed E-state index contributed by atoms with van der Waals surface area (Å²) in [6.45, 7) is 2.86. The Balaban J connectivity index is 1.76. The highest BCUT2D eigenvalue weighted by Gasteiger charge is 2.21. The van der Waals surface area contributed by atoms with Crippen LogP contribution in [0.3, 0.4) is 0 Å². The van der Waals surface area contributed by atoms with Crippen molar-refractivity contribution >= 4 is 19.0 Å². The second-order valence-electron chi connectivity index (χ2n) is 8.17. The van der Waals surface area contributed by atoms with E-state index in [4.69, 9.17) is 4.74 Å². The molecule has 3 nitrogen and oxygen atoms in total. The summed E-state index contributed by atoms with van der Waals surface area (Å²) >= 11 is 0. The highest BCUT2D eigenvalue weighted by Crippen LogP contribution is 2.22. The second-order valence-corrected chi connectivity index (χ2v) is 8.17. The summed E-state index contributed by atoms with van der Waals surface area (Å²) in [5.74, 6) is 0.105. The summed E-state index contributed by atoms with van der Waals surface area (Å²) in [6, 6.07) is 15.1. The highest BCUT2D eigenvalue weighted by atomic mass is 19.2. The van der Waals surface area contributed by atoms with Crippen molar-refractivity contribution in [1.29, 1.82) is 0 Å². The third-order valence-electron chi connectivity index (χ3n) is 5.44. The third-order valence-corrected chi connectivity index (χ3v) is 5.44. The van der Waals surface area contributed by atoms with Crippen molar-refractivity contribution in [3.05, 3.63) is 71.8 Å². The molecule has 0 unspecified atom stereocenters. The molecule has 178 valence electrons. The van der Waals surface area contributed by atoms with Crippen LogP contribution in [0.25, 0.3) is 5.76 Å². The van der Waals surface area contributed by atoms with Crippen molar-refractivity contribution in [2.75, 3.05) is 6.61 Å². The van der Waals surface area contributed by atoms with E-state index in [0.717, 1.165) is 18.9 Å². The van der Waals surface area contributed by atoms with Gasteiger partial charge in [0.15, 0.2) is 5.78 Å². The number of rotatable bonds is 17. The number of carbonyl (C=O) groups excluding carboxylic acids is 1. The topological polar surface area (TPSA) is 35.5 Å². The number of allylic oxidation sites excluding steroid dienone is 1. The summed E-state index contributed by atoms with van der Waals surface area (Å²) < 4.78 is 36.2. The number of benzene rings is 2. The lowest BCUT2D eigenvalue weighted by molar-refractivity contribution is 0.104.